The Hall–Kier alpha value is -0.410. The lowest BCUT2D eigenvalue weighted by Gasteiger charge is -1.92. The summed E-state index contributed by atoms with van der Waals surface area (Å²) in [6, 6.07) is 2.03. The van der Waals surface area contributed by atoms with E-state index in [1.807, 2.05) is 19.2 Å². The number of nitrogens with zero attached hydrogens (tertiary/aromatic N) is 1. The van der Waals surface area contributed by atoms with Crippen LogP contribution in [0.1, 0.15) is 5.69 Å². The Morgan fingerprint density at radius 3 is 3.09 bits per heavy atom. The number of aromatic nitrogens is 1. The number of thiophene rings is 1. The van der Waals surface area contributed by atoms with Gasteiger partial charge in [0.25, 0.3) is 0 Å². The van der Waals surface area contributed by atoms with Gasteiger partial charge in [0.05, 0.1) is 10.4 Å². The van der Waals surface area contributed by atoms with Crippen LogP contribution in [-0.2, 0) is 0 Å². The topological polar surface area (TPSA) is 12.9 Å². The molecule has 1 nitrogen and oxygen atoms in total. The third kappa shape index (κ3) is 1.08. The van der Waals surface area contributed by atoms with Crippen LogP contribution in [0.4, 0.5) is 0 Å². The molecular formula is C8H6BrNS. The molecule has 0 amide bonds. The molecule has 0 N–H and O–H groups in total. The number of halogens is 1. The third-order valence-corrected chi connectivity index (χ3v) is 3.68. The van der Waals surface area contributed by atoms with Crippen LogP contribution in [0, 0.1) is 6.92 Å². The van der Waals surface area contributed by atoms with Crippen LogP contribution in [-0.4, -0.2) is 4.98 Å². The maximum absolute atomic E-state index is 4.21. The highest BCUT2D eigenvalue weighted by atomic mass is 79.9. The van der Waals surface area contributed by atoms with Crippen molar-refractivity contribution in [3.05, 3.63) is 27.8 Å². The first kappa shape index (κ1) is 7.25. The second kappa shape index (κ2) is 2.57. The molecular weight excluding hydrogens is 222 g/mol. The zero-order chi connectivity index (χ0) is 7.84. The van der Waals surface area contributed by atoms with Gasteiger partial charge in [-0.1, -0.05) is 0 Å². The van der Waals surface area contributed by atoms with Crippen molar-refractivity contribution >= 4 is 37.4 Å². The predicted molar refractivity (Wildman–Crippen MR) is 52.1 cm³/mol. The molecule has 0 radical (unpaired) electrons. The Morgan fingerprint density at radius 1 is 1.55 bits per heavy atom. The van der Waals surface area contributed by atoms with Gasteiger partial charge in [0, 0.05) is 21.4 Å². The fourth-order valence-electron chi connectivity index (χ4n) is 1.06. The average molecular weight is 228 g/mol. The van der Waals surface area contributed by atoms with Gasteiger partial charge in [0.15, 0.2) is 0 Å². The number of rotatable bonds is 0. The predicted octanol–water partition coefficient (Wildman–Crippen LogP) is 3.37. The molecule has 0 aromatic carbocycles. The zero-order valence-corrected chi connectivity index (χ0v) is 8.37. The van der Waals surface area contributed by atoms with Crippen LogP contribution in [0.3, 0.4) is 0 Å². The van der Waals surface area contributed by atoms with Crippen LogP contribution in [0.5, 0.6) is 0 Å². The fraction of sp³-hybridized carbons (Fsp3) is 0.125. The van der Waals surface area contributed by atoms with E-state index in [-0.39, 0.29) is 0 Å². The van der Waals surface area contributed by atoms with Gasteiger partial charge in [-0.25, -0.2) is 0 Å². The molecule has 0 aliphatic carbocycles. The van der Waals surface area contributed by atoms with Gasteiger partial charge >= 0.3 is 0 Å². The number of aryl methyl sites for hydroxylation is 1. The molecule has 2 heterocycles. The van der Waals surface area contributed by atoms with Crippen molar-refractivity contribution in [2.24, 2.45) is 0 Å². The summed E-state index contributed by atoms with van der Waals surface area (Å²) in [5, 5.41) is 3.36. The highest BCUT2D eigenvalue weighted by molar-refractivity contribution is 9.10. The van der Waals surface area contributed by atoms with Crippen molar-refractivity contribution in [2.75, 3.05) is 0 Å². The maximum atomic E-state index is 4.21. The highest BCUT2D eigenvalue weighted by Crippen LogP contribution is 2.30. The average Bonchev–Trinajstić information content (AvgIpc) is 2.35. The van der Waals surface area contributed by atoms with E-state index in [0.29, 0.717) is 0 Å². The van der Waals surface area contributed by atoms with Gasteiger partial charge in [0.1, 0.15) is 0 Å². The van der Waals surface area contributed by atoms with E-state index >= 15 is 0 Å². The Labute approximate surface area is 77.2 Å². The van der Waals surface area contributed by atoms with Gasteiger partial charge in [-0.15, -0.1) is 11.3 Å². The van der Waals surface area contributed by atoms with E-state index < -0.39 is 0 Å². The van der Waals surface area contributed by atoms with Crippen molar-refractivity contribution in [1.29, 1.82) is 0 Å². The third-order valence-electron chi connectivity index (χ3n) is 1.62. The summed E-state index contributed by atoms with van der Waals surface area (Å²) in [5.41, 5.74) is 1.11. The second-order valence-corrected chi connectivity index (χ2v) is 4.09. The first-order valence-electron chi connectivity index (χ1n) is 3.27. The molecule has 56 valence electrons. The number of fused-ring (bicyclic) bond motifs is 1. The molecule has 0 bridgehead atoms. The quantitative estimate of drug-likeness (QED) is 0.673. The minimum absolute atomic E-state index is 1.11. The van der Waals surface area contributed by atoms with Crippen LogP contribution >= 0.6 is 27.3 Å². The molecule has 0 aliphatic rings. The van der Waals surface area contributed by atoms with Crippen molar-refractivity contribution in [3.63, 3.8) is 0 Å². The molecule has 2 aromatic rings. The molecule has 0 fully saturated rings. The summed E-state index contributed by atoms with van der Waals surface area (Å²) in [6.07, 6.45) is 1.84. The lowest BCUT2D eigenvalue weighted by molar-refractivity contribution is 1.24. The van der Waals surface area contributed by atoms with E-state index in [4.69, 9.17) is 0 Å². The summed E-state index contributed by atoms with van der Waals surface area (Å²) in [5.74, 6) is 0. The Kier molecular flexibility index (Phi) is 1.69. The Balaban J connectivity index is 2.94. The Morgan fingerprint density at radius 2 is 2.36 bits per heavy atom. The van der Waals surface area contributed by atoms with Gasteiger partial charge in [-0.05, 0) is 28.9 Å². The normalized spacial score (nSPS) is 10.7. The van der Waals surface area contributed by atoms with Crippen molar-refractivity contribution in [2.45, 2.75) is 6.92 Å². The first-order chi connectivity index (χ1) is 5.29. The van der Waals surface area contributed by atoms with Gasteiger partial charge in [-0.3, -0.25) is 4.98 Å². The number of hydrogen-bond acceptors (Lipinski definition) is 2. The largest absolute Gasteiger partial charge is 0.260 e. The lowest BCUT2D eigenvalue weighted by atomic mass is 10.3. The van der Waals surface area contributed by atoms with Crippen molar-refractivity contribution < 1.29 is 0 Å². The number of hydrogen-bond donors (Lipinski definition) is 0. The minimum atomic E-state index is 1.11. The fourth-order valence-corrected chi connectivity index (χ4v) is 2.68. The van der Waals surface area contributed by atoms with Gasteiger partial charge < -0.3 is 0 Å². The van der Waals surface area contributed by atoms with E-state index in [1.165, 1.54) is 14.6 Å². The molecule has 0 aliphatic heterocycles. The molecule has 0 atom stereocenters. The summed E-state index contributed by atoms with van der Waals surface area (Å²) < 4.78 is 2.45. The van der Waals surface area contributed by atoms with Crippen LogP contribution in [0.2, 0.25) is 0 Å². The summed E-state index contributed by atoms with van der Waals surface area (Å²) >= 11 is 5.21. The Bertz CT molecular complexity index is 394. The second-order valence-electron chi connectivity index (χ2n) is 2.36. The zero-order valence-electron chi connectivity index (χ0n) is 5.97. The molecule has 0 unspecified atom stereocenters. The molecule has 2 aromatic heterocycles. The molecule has 0 saturated carbocycles. The monoisotopic (exact) mass is 227 g/mol. The van der Waals surface area contributed by atoms with Crippen LogP contribution < -0.4 is 0 Å². The van der Waals surface area contributed by atoms with E-state index in [2.05, 4.69) is 26.3 Å². The molecule has 11 heavy (non-hydrogen) atoms. The molecule has 3 heteroatoms. The van der Waals surface area contributed by atoms with Crippen molar-refractivity contribution in [3.8, 4) is 0 Å². The first-order valence-corrected chi connectivity index (χ1v) is 4.94. The van der Waals surface area contributed by atoms with E-state index in [0.717, 1.165) is 5.69 Å². The van der Waals surface area contributed by atoms with Crippen molar-refractivity contribution in [1.82, 2.24) is 4.98 Å². The van der Waals surface area contributed by atoms with Crippen LogP contribution in [0.15, 0.2) is 22.1 Å². The standard InChI is InChI=1S/C8H6BrNS/c1-5-8-6(2-3-10-5)7(9)4-11-8/h2-4H,1H3. The molecule has 2 rings (SSSR count). The minimum Gasteiger partial charge on any atom is -0.260 e. The van der Waals surface area contributed by atoms with Gasteiger partial charge in [-0.2, -0.15) is 0 Å². The smallest absolute Gasteiger partial charge is 0.0567 e. The SMILES string of the molecule is Cc1nccc2c(Br)csc12. The highest BCUT2D eigenvalue weighted by Gasteiger charge is 2.02. The molecule has 0 saturated heterocycles. The molecule has 0 spiro atoms. The summed E-state index contributed by atoms with van der Waals surface area (Å²) in [6.45, 7) is 2.03. The van der Waals surface area contributed by atoms with Gasteiger partial charge in [0.2, 0.25) is 0 Å². The summed E-state index contributed by atoms with van der Waals surface area (Å²) in [7, 11) is 0. The van der Waals surface area contributed by atoms with E-state index in [1.54, 1.807) is 11.3 Å². The van der Waals surface area contributed by atoms with Crippen LogP contribution in [0.25, 0.3) is 10.1 Å². The summed E-state index contributed by atoms with van der Waals surface area (Å²) in [4.78, 5) is 4.21. The van der Waals surface area contributed by atoms with E-state index in [9.17, 15) is 0 Å². The maximum Gasteiger partial charge on any atom is 0.0567 e. The number of pyridine rings is 1. The lowest BCUT2D eigenvalue weighted by Crippen LogP contribution is -1.76.